The van der Waals surface area contributed by atoms with Crippen LogP contribution in [0, 0.1) is 0 Å². The van der Waals surface area contributed by atoms with Gasteiger partial charge in [0.1, 0.15) is 11.4 Å². The molecule has 0 aromatic heterocycles. The molecule has 2 rings (SSSR count). The number of amides is 2. The van der Waals surface area contributed by atoms with E-state index in [-0.39, 0.29) is 11.6 Å². The number of carbonyl (C=O) groups excluding carboxylic acids is 1. The molecule has 0 aliphatic rings. The van der Waals surface area contributed by atoms with Crippen LogP contribution in [-0.4, -0.2) is 23.1 Å². The lowest BCUT2D eigenvalue weighted by Gasteiger charge is -2.26. The molecule has 2 aromatic rings. The third-order valence-electron chi connectivity index (χ3n) is 5.53. The van der Waals surface area contributed by atoms with Crippen molar-refractivity contribution >= 4 is 34.9 Å². The molecule has 0 atom stereocenters. The van der Waals surface area contributed by atoms with Crippen LogP contribution in [0.5, 0.6) is 5.75 Å². The van der Waals surface area contributed by atoms with Crippen LogP contribution in [0.1, 0.15) is 78.2 Å². The Bertz CT molecular complexity index is 869. The van der Waals surface area contributed by atoms with E-state index in [9.17, 15) is 4.79 Å². The highest BCUT2D eigenvalue weighted by Gasteiger charge is 2.19. The molecule has 0 fully saturated rings. The topological polar surface area (TPSA) is 41.6 Å². The van der Waals surface area contributed by atoms with Gasteiger partial charge in [0.05, 0.1) is 10.0 Å². The summed E-state index contributed by atoms with van der Waals surface area (Å²) < 4.78 is 6.14. The molecule has 182 valence electrons. The fourth-order valence-electron chi connectivity index (χ4n) is 3.79. The average Bonchev–Trinajstić information content (AvgIpc) is 2.76. The summed E-state index contributed by atoms with van der Waals surface area (Å²) in [5.41, 5.74) is 1.50. The number of nitrogens with zero attached hydrogens (tertiary/aromatic N) is 1. The summed E-state index contributed by atoms with van der Waals surface area (Å²) in [6.07, 6.45) is 7.78. The normalized spacial score (nSPS) is 11.3. The first-order valence-electron chi connectivity index (χ1n) is 12.0. The average molecular weight is 494 g/mol. The van der Waals surface area contributed by atoms with Crippen molar-refractivity contribution in [2.24, 2.45) is 0 Å². The van der Waals surface area contributed by atoms with Crippen LogP contribution < -0.4 is 10.1 Å². The first-order chi connectivity index (χ1) is 15.7. The molecule has 0 bridgehead atoms. The van der Waals surface area contributed by atoms with E-state index in [0.717, 1.165) is 37.0 Å². The predicted octanol–water partition coefficient (Wildman–Crippen LogP) is 8.96. The molecule has 33 heavy (non-hydrogen) atoms. The van der Waals surface area contributed by atoms with Gasteiger partial charge in [-0.15, -0.1) is 0 Å². The van der Waals surface area contributed by atoms with Gasteiger partial charge < -0.3 is 15.0 Å². The second kappa shape index (κ2) is 13.7. The number of benzene rings is 2. The zero-order valence-electron chi connectivity index (χ0n) is 20.4. The van der Waals surface area contributed by atoms with Crippen LogP contribution in [-0.2, 0) is 6.54 Å². The molecular weight excluding hydrogens is 455 g/mol. The number of hydrogen-bond acceptors (Lipinski definition) is 2. The molecule has 2 aromatic carbocycles. The van der Waals surface area contributed by atoms with E-state index in [1.54, 1.807) is 18.2 Å². The van der Waals surface area contributed by atoms with Gasteiger partial charge in [-0.1, -0.05) is 81.3 Å². The van der Waals surface area contributed by atoms with Gasteiger partial charge in [0.15, 0.2) is 0 Å². The van der Waals surface area contributed by atoms with Crippen LogP contribution in [0.15, 0.2) is 42.5 Å². The number of anilines is 1. The highest BCUT2D eigenvalue weighted by Crippen LogP contribution is 2.26. The smallest absolute Gasteiger partial charge is 0.322 e. The third kappa shape index (κ3) is 9.85. The lowest BCUT2D eigenvalue weighted by Crippen LogP contribution is -2.35. The molecule has 0 unspecified atom stereocenters. The van der Waals surface area contributed by atoms with Gasteiger partial charge in [0, 0.05) is 18.8 Å². The van der Waals surface area contributed by atoms with Gasteiger partial charge in [0.2, 0.25) is 0 Å². The van der Waals surface area contributed by atoms with Crippen molar-refractivity contribution in [1.29, 1.82) is 0 Å². The van der Waals surface area contributed by atoms with Crippen molar-refractivity contribution in [2.45, 2.75) is 84.8 Å². The molecule has 4 nitrogen and oxygen atoms in total. The van der Waals surface area contributed by atoms with Crippen molar-refractivity contribution in [1.82, 2.24) is 4.90 Å². The van der Waals surface area contributed by atoms with Crippen molar-refractivity contribution in [3.8, 4) is 5.75 Å². The number of unbranched alkanes of at least 4 members (excludes halogenated alkanes) is 4. The van der Waals surface area contributed by atoms with Crippen LogP contribution in [0.2, 0.25) is 10.0 Å². The Balaban J connectivity index is 2.05. The molecule has 0 aliphatic carbocycles. The summed E-state index contributed by atoms with van der Waals surface area (Å²) in [5, 5.41) is 3.84. The molecule has 0 radical (unpaired) electrons. The van der Waals surface area contributed by atoms with Crippen LogP contribution in [0.25, 0.3) is 0 Å². The summed E-state index contributed by atoms with van der Waals surface area (Å²) in [6, 6.07) is 13.0. The van der Waals surface area contributed by atoms with Gasteiger partial charge in [-0.3, -0.25) is 0 Å². The number of nitrogens with one attached hydrogen (secondary N) is 1. The monoisotopic (exact) mass is 492 g/mol. The van der Waals surface area contributed by atoms with Gasteiger partial charge >= 0.3 is 6.03 Å². The Labute approximate surface area is 209 Å². The molecule has 6 heteroatoms. The van der Waals surface area contributed by atoms with E-state index in [2.05, 4.69) is 33.0 Å². The zero-order valence-corrected chi connectivity index (χ0v) is 21.9. The lowest BCUT2D eigenvalue weighted by atomic mass is 10.0. The quantitative estimate of drug-likeness (QED) is 0.283. The number of halogens is 2. The third-order valence-corrected chi connectivity index (χ3v) is 6.27. The van der Waals surface area contributed by atoms with Crippen molar-refractivity contribution < 1.29 is 9.53 Å². The summed E-state index contributed by atoms with van der Waals surface area (Å²) in [4.78, 5) is 14.9. The number of hydrogen-bond donors (Lipinski definition) is 1. The first-order valence-corrected chi connectivity index (χ1v) is 12.8. The number of carbonyl (C=O) groups is 1. The Morgan fingerprint density at radius 2 is 1.64 bits per heavy atom. The SMILES string of the molecule is CCCCCCCN(Cc1ccc(OC(C)(C)CCC)cc1)C(=O)Nc1ccc(Cl)c(Cl)c1. The zero-order chi connectivity index (χ0) is 24.3. The van der Waals surface area contributed by atoms with E-state index < -0.39 is 0 Å². The van der Waals surface area contributed by atoms with E-state index in [4.69, 9.17) is 27.9 Å². The Hall–Kier alpha value is -1.91. The lowest BCUT2D eigenvalue weighted by molar-refractivity contribution is 0.0985. The Kier molecular flexibility index (Phi) is 11.4. The predicted molar refractivity (Wildman–Crippen MR) is 141 cm³/mol. The maximum absolute atomic E-state index is 13.1. The Morgan fingerprint density at radius 3 is 2.27 bits per heavy atom. The number of ether oxygens (including phenoxy) is 1. The van der Waals surface area contributed by atoms with Crippen molar-refractivity contribution in [3.63, 3.8) is 0 Å². The van der Waals surface area contributed by atoms with E-state index in [1.165, 1.54) is 19.3 Å². The minimum Gasteiger partial charge on any atom is -0.488 e. The fraction of sp³-hybridized carbons (Fsp3) is 0.519. The minimum absolute atomic E-state index is 0.145. The summed E-state index contributed by atoms with van der Waals surface area (Å²) in [6.45, 7) is 9.80. The van der Waals surface area contributed by atoms with Crippen molar-refractivity contribution in [2.75, 3.05) is 11.9 Å². The molecule has 0 saturated heterocycles. The maximum atomic E-state index is 13.1. The summed E-state index contributed by atoms with van der Waals surface area (Å²) >= 11 is 12.1. The van der Waals surface area contributed by atoms with Crippen LogP contribution in [0.4, 0.5) is 10.5 Å². The molecule has 1 N–H and O–H groups in total. The maximum Gasteiger partial charge on any atom is 0.322 e. The molecule has 0 saturated carbocycles. The van der Waals surface area contributed by atoms with Gasteiger partial charge in [-0.05, 0) is 62.6 Å². The molecule has 2 amide bonds. The largest absolute Gasteiger partial charge is 0.488 e. The Morgan fingerprint density at radius 1 is 0.939 bits per heavy atom. The summed E-state index contributed by atoms with van der Waals surface area (Å²) in [7, 11) is 0. The van der Waals surface area contributed by atoms with Gasteiger partial charge in [0.25, 0.3) is 0 Å². The molecular formula is C27H38Cl2N2O2. The second-order valence-corrected chi connectivity index (χ2v) is 9.96. The van der Waals surface area contributed by atoms with Gasteiger partial charge in [-0.2, -0.15) is 0 Å². The number of rotatable bonds is 13. The second-order valence-electron chi connectivity index (χ2n) is 9.15. The van der Waals surface area contributed by atoms with E-state index in [0.29, 0.717) is 28.8 Å². The highest BCUT2D eigenvalue weighted by atomic mass is 35.5. The standard InChI is InChI=1S/C27H38Cl2N2O2/c1-5-7-8-9-10-18-31(26(32)30-22-13-16-24(28)25(29)19-22)20-21-11-14-23(15-12-21)33-27(3,4)17-6-2/h11-16,19H,5-10,17-18,20H2,1-4H3,(H,30,32). The molecule has 0 spiro atoms. The van der Waals surface area contributed by atoms with E-state index in [1.807, 2.05) is 29.2 Å². The first kappa shape index (κ1) is 27.3. The van der Waals surface area contributed by atoms with Crippen LogP contribution in [0.3, 0.4) is 0 Å². The van der Waals surface area contributed by atoms with E-state index >= 15 is 0 Å². The van der Waals surface area contributed by atoms with Crippen molar-refractivity contribution in [3.05, 3.63) is 58.1 Å². The molecule has 0 aliphatic heterocycles. The molecule has 0 heterocycles. The highest BCUT2D eigenvalue weighted by molar-refractivity contribution is 6.42. The minimum atomic E-state index is -0.194. The fourth-order valence-corrected chi connectivity index (χ4v) is 4.09. The van der Waals surface area contributed by atoms with Gasteiger partial charge in [-0.25, -0.2) is 4.79 Å². The number of urea groups is 1. The van der Waals surface area contributed by atoms with Crippen LogP contribution >= 0.6 is 23.2 Å². The summed E-state index contributed by atoms with van der Waals surface area (Å²) in [5.74, 6) is 0.851.